The predicted molar refractivity (Wildman–Crippen MR) is 128 cm³/mol. The SMILES string of the molecule is CC.CC(C)(C)CC(c1ccc(C(=O)Nc2cccc(S(=O)(=O)O)c2)cc1)C(C)(C)C. The zero-order valence-electron chi connectivity index (χ0n) is 20.0. The topological polar surface area (TPSA) is 83.5 Å². The minimum atomic E-state index is -4.32. The lowest BCUT2D eigenvalue weighted by Crippen LogP contribution is -2.24. The Hall–Kier alpha value is -2.18. The minimum absolute atomic E-state index is 0.0906. The Labute approximate surface area is 188 Å². The molecule has 0 aliphatic carbocycles. The smallest absolute Gasteiger partial charge is 0.294 e. The average molecular weight is 448 g/mol. The fourth-order valence-electron chi connectivity index (χ4n) is 3.34. The van der Waals surface area contributed by atoms with Gasteiger partial charge in [0.25, 0.3) is 16.0 Å². The zero-order chi connectivity index (χ0) is 24.0. The molecule has 0 aliphatic heterocycles. The Morgan fingerprint density at radius 3 is 1.97 bits per heavy atom. The Morgan fingerprint density at radius 1 is 0.968 bits per heavy atom. The Kier molecular flexibility index (Phi) is 9.03. The van der Waals surface area contributed by atoms with Gasteiger partial charge in [0.05, 0.1) is 4.90 Å². The van der Waals surface area contributed by atoms with E-state index < -0.39 is 10.1 Å². The molecule has 1 atom stereocenters. The van der Waals surface area contributed by atoms with Crippen molar-refractivity contribution >= 4 is 21.7 Å². The second-order valence-electron chi connectivity index (χ2n) is 9.76. The van der Waals surface area contributed by atoms with Crippen LogP contribution in [0.2, 0.25) is 0 Å². The van der Waals surface area contributed by atoms with Crippen molar-refractivity contribution in [2.45, 2.75) is 72.6 Å². The van der Waals surface area contributed by atoms with E-state index in [1.165, 1.54) is 23.8 Å². The lowest BCUT2D eigenvalue weighted by Gasteiger charge is -2.36. The van der Waals surface area contributed by atoms with Gasteiger partial charge in [-0.05, 0) is 59.1 Å². The van der Waals surface area contributed by atoms with E-state index >= 15 is 0 Å². The number of benzene rings is 2. The van der Waals surface area contributed by atoms with Crippen LogP contribution in [-0.2, 0) is 10.1 Å². The van der Waals surface area contributed by atoms with Crippen molar-refractivity contribution in [2.75, 3.05) is 5.32 Å². The van der Waals surface area contributed by atoms with Gasteiger partial charge in [0.2, 0.25) is 0 Å². The molecule has 2 N–H and O–H groups in total. The number of rotatable bonds is 5. The van der Waals surface area contributed by atoms with Crippen molar-refractivity contribution in [3.8, 4) is 0 Å². The first kappa shape index (κ1) is 26.9. The highest BCUT2D eigenvalue weighted by Crippen LogP contribution is 2.43. The maximum atomic E-state index is 12.6. The van der Waals surface area contributed by atoms with Crippen LogP contribution in [-0.4, -0.2) is 18.9 Å². The van der Waals surface area contributed by atoms with Gasteiger partial charge in [-0.25, -0.2) is 0 Å². The molecule has 2 aromatic rings. The van der Waals surface area contributed by atoms with Gasteiger partial charge < -0.3 is 5.32 Å². The van der Waals surface area contributed by atoms with Gasteiger partial charge in [-0.15, -0.1) is 0 Å². The Balaban J connectivity index is 0.00000233. The van der Waals surface area contributed by atoms with Gasteiger partial charge in [-0.2, -0.15) is 8.42 Å². The summed E-state index contributed by atoms with van der Waals surface area (Å²) in [5.41, 5.74) is 2.25. The lowest BCUT2D eigenvalue weighted by atomic mass is 9.69. The molecule has 0 fully saturated rings. The van der Waals surface area contributed by atoms with E-state index in [1.54, 1.807) is 18.2 Å². The van der Waals surface area contributed by atoms with Gasteiger partial charge in [-0.3, -0.25) is 9.35 Å². The molecule has 0 aromatic heterocycles. The molecule has 1 unspecified atom stereocenters. The lowest BCUT2D eigenvalue weighted by molar-refractivity contribution is 0.102. The summed E-state index contributed by atoms with van der Waals surface area (Å²) in [5.74, 6) is 0.0122. The highest BCUT2D eigenvalue weighted by molar-refractivity contribution is 7.85. The first-order chi connectivity index (χ1) is 14.2. The monoisotopic (exact) mass is 447 g/mol. The summed E-state index contributed by atoms with van der Waals surface area (Å²) >= 11 is 0. The van der Waals surface area contributed by atoms with Gasteiger partial charge in [0.15, 0.2) is 0 Å². The van der Waals surface area contributed by atoms with Gasteiger partial charge in [0, 0.05) is 11.3 Å². The number of anilines is 1. The minimum Gasteiger partial charge on any atom is -0.322 e. The molecule has 0 radical (unpaired) electrons. The number of hydrogen-bond acceptors (Lipinski definition) is 3. The van der Waals surface area contributed by atoms with Gasteiger partial charge in [0.1, 0.15) is 0 Å². The molecule has 1 amide bonds. The zero-order valence-corrected chi connectivity index (χ0v) is 20.8. The van der Waals surface area contributed by atoms with Crippen molar-refractivity contribution in [1.82, 2.24) is 0 Å². The molecule has 0 spiro atoms. The second-order valence-corrected chi connectivity index (χ2v) is 11.2. The molecular weight excluding hydrogens is 410 g/mol. The Morgan fingerprint density at radius 2 is 1.52 bits per heavy atom. The molecule has 2 aromatic carbocycles. The summed E-state index contributed by atoms with van der Waals surface area (Å²) in [5, 5.41) is 2.67. The molecule has 5 nitrogen and oxygen atoms in total. The summed E-state index contributed by atoms with van der Waals surface area (Å²) in [4.78, 5) is 12.3. The van der Waals surface area contributed by atoms with E-state index in [-0.39, 0.29) is 21.6 Å². The standard InChI is InChI=1S/C23H31NO4S.C2H6/c1-22(2,3)15-20(23(4,5)6)16-10-12-17(13-11-16)21(25)24-18-8-7-9-19(14-18)29(26,27)28;1-2/h7-14,20H,15H2,1-6H3,(H,24,25)(H,26,27,28);1-2H3. The second kappa shape index (κ2) is 10.4. The Bertz CT molecular complexity index is 966. The maximum absolute atomic E-state index is 12.6. The largest absolute Gasteiger partial charge is 0.322 e. The molecular formula is C25H37NO4S. The van der Waals surface area contributed by atoms with Crippen molar-refractivity contribution in [3.63, 3.8) is 0 Å². The molecule has 0 saturated heterocycles. The summed E-state index contributed by atoms with van der Waals surface area (Å²) in [6, 6.07) is 13.1. The molecule has 172 valence electrons. The van der Waals surface area contributed by atoms with E-state index in [4.69, 9.17) is 4.55 Å². The van der Waals surface area contributed by atoms with Crippen LogP contribution >= 0.6 is 0 Å². The van der Waals surface area contributed by atoms with Crippen LogP contribution < -0.4 is 5.32 Å². The fourth-order valence-corrected chi connectivity index (χ4v) is 3.87. The van der Waals surface area contributed by atoms with Crippen LogP contribution in [0.15, 0.2) is 53.4 Å². The predicted octanol–water partition coefficient (Wildman–Crippen LogP) is 6.78. The maximum Gasteiger partial charge on any atom is 0.294 e. The summed E-state index contributed by atoms with van der Waals surface area (Å²) < 4.78 is 31.7. The van der Waals surface area contributed by atoms with E-state index in [2.05, 4.69) is 46.9 Å². The number of amides is 1. The number of nitrogens with one attached hydrogen (secondary N) is 1. The molecule has 0 heterocycles. The average Bonchev–Trinajstić information content (AvgIpc) is 2.66. The van der Waals surface area contributed by atoms with Crippen LogP contribution in [0.4, 0.5) is 5.69 Å². The third-order valence-corrected chi connectivity index (χ3v) is 5.68. The fraction of sp³-hybridized carbons (Fsp3) is 0.480. The van der Waals surface area contributed by atoms with Gasteiger partial charge in [-0.1, -0.05) is 73.6 Å². The number of carbonyl (C=O) groups is 1. The third kappa shape index (κ3) is 8.46. The van der Waals surface area contributed by atoms with Crippen molar-refractivity contribution in [2.24, 2.45) is 10.8 Å². The molecule has 0 aliphatic rings. The van der Waals surface area contributed by atoms with Crippen LogP contribution in [0.5, 0.6) is 0 Å². The van der Waals surface area contributed by atoms with Crippen molar-refractivity contribution in [3.05, 3.63) is 59.7 Å². The van der Waals surface area contributed by atoms with Crippen LogP contribution in [0.1, 0.15) is 83.7 Å². The van der Waals surface area contributed by atoms with Crippen molar-refractivity contribution < 1.29 is 17.8 Å². The van der Waals surface area contributed by atoms with E-state index in [0.29, 0.717) is 17.2 Å². The number of hydrogen-bond donors (Lipinski definition) is 2. The first-order valence-corrected chi connectivity index (χ1v) is 12.1. The van der Waals surface area contributed by atoms with E-state index in [0.717, 1.165) is 6.42 Å². The molecule has 6 heteroatoms. The molecule has 2 rings (SSSR count). The van der Waals surface area contributed by atoms with Gasteiger partial charge >= 0.3 is 0 Å². The van der Waals surface area contributed by atoms with Crippen LogP contribution in [0.3, 0.4) is 0 Å². The van der Waals surface area contributed by atoms with Crippen LogP contribution in [0.25, 0.3) is 0 Å². The summed E-state index contributed by atoms with van der Waals surface area (Å²) in [7, 11) is -4.32. The van der Waals surface area contributed by atoms with E-state index in [1.807, 2.05) is 26.0 Å². The highest BCUT2D eigenvalue weighted by atomic mass is 32.2. The van der Waals surface area contributed by atoms with E-state index in [9.17, 15) is 13.2 Å². The highest BCUT2D eigenvalue weighted by Gasteiger charge is 2.30. The third-order valence-electron chi connectivity index (χ3n) is 4.83. The van der Waals surface area contributed by atoms with Crippen LogP contribution in [0, 0.1) is 10.8 Å². The number of carbonyl (C=O) groups excluding carboxylic acids is 1. The quantitative estimate of drug-likeness (QED) is 0.495. The normalized spacial score (nSPS) is 13.1. The first-order valence-electron chi connectivity index (χ1n) is 10.7. The summed E-state index contributed by atoms with van der Waals surface area (Å²) in [6.07, 6.45) is 1.03. The summed E-state index contributed by atoms with van der Waals surface area (Å²) in [6.45, 7) is 17.4. The molecule has 31 heavy (non-hydrogen) atoms. The van der Waals surface area contributed by atoms with Crippen molar-refractivity contribution in [1.29, 1.82) is 0 Å². The molecule has 0 bridgehead atoms. The molecule has 0 saturated carbocycles.